The van der Waals surface area contributed by atoms with Crippen LogP contribution in [0, 0.1) is 0 Å². The maximum atomic E-state index is 12.4. The lowest BCUT2D eigenvalue weighted by molar-refractivity contribution is -0.114. The molecule has 27 heavy (non-hydrogen) atoms. The second-order valence-electron chi connectivity index (χ2n) is 6.01. The predicted molar refractivity (Wildman–Crippen MR) is 106 cm³/mol. The lowest BCUT2D eigenvalue weighted by atomic mass is 10.2. The zero-order valence-corrected chi connectivity index (χ0v) is 14.9. The van der Waals surface area contributed by atoms with Crippen molar-refractivity contribution in [2.45, 2.75) is 13.5 Å². The summed E-state index contributed by atoms with van der Waals surface area (Å²) in [4.78, 5) is 23.5. The van der Waals surface area contributed by atoms with Crippen LogP contribution in [0.1, 0.15) is 22.8 Å². The van der Waals surface area contributed by atoms with Gasteiger partial charge in [0.2, 0.25) is 5.91 Å². The first kappa shape index (κ1) is 18.2. The summed E-state index contributed by atoms with van der Waals surface area (Å²) in [5.41, 5.74) is 2.80. The first-order valence-corrected chi connectivity index (χ1v) is 8.56. The van der Waals surface area contributed by atoms with E-state index in [1.54, 1.807) is 36.4 Å². The third kappa shape index (κ3) is 5.44. The second-order valence-corrected chi connectivity index (χ2v) is 6.01. The van der Waals surface area contributed by atoms with E-state index in [0.29, 0.717) is 23.5 Å². The summed E-state index contributed by atoms with van der Waals surface area (Å²) >= 11 is 0. The van der Waals surface area contributed by atoms with Gasteiger partial charge in [-0.2, -0.15) is 0 Å². The molecule has 0 fully saturated rings. The van der Waals surface area contributed by atoms with Crippen molar-refractivity contribution in [1.29, 1.82) is 0 Å². The van der Waals surface area contributed by atoms with Crippen LogP contribution in [0.15, 0.2) is 78.9 Å². The molecular formula is C22H20N2O3. The summed E-state index contributed by atoms with van der Waals surface area (Å²) < 4.78 is 5.74. The zero-order valence-electron chi connectivity index (χ0n) is 14.9. The van der Waals surface area contributed by atoms with Crippen LogP contribution in [0.4, 0.5) is 11.4 Å². The molecule has 136 valence electrons. The van der Waals surface area contributed by atoms with Crippen LogP contribution in [0.5, 0.6) is 5.75 Å². The number of carbonyl (C=O) groups is 2. The smallest absolute Gasteiger partial charge is 0.255 e. The van der Waals surface area contributed by atoms with Gasteiger partial charge in [0.1, 0.15) is 12.4 Å². The number of amides is 2. The van der Waals surface area contributed by atoms with Gasteiger partial charge in [-0.15, -0.1) is 0 Å². The van der Waals surface area contributed by atoms with Gasteiger partial charge in [-0.05, 0) is 48.0 Å². The standard InChI is InChI=1S/C22H20N2O3/c1-16(25)23-20-9-5-8-18(14-20)22(26)24-19-10-12-21(13-11-19)27-15-17-6-3-2-4-7-17/h2-14H,15H2,1H3,(H,23,25)(H,24,26). The molecule has 5 nitrogen and oxygen atoms in total. The van der Waals surface area contributed by atoms with Crippen LogP contribution in [0.3, 0.4) is 0 Å². The molecule has 2 amide bonds. The van der Waals surface area contributed by atoms with E-state index in [2.05, 4.69) is 10.6 Å². The summed E-state index contributed by atoms with van der Waals surface area (Å²) in [5.74, 6) is 0.295. The van der Waals surface area contributed by atoms with E-state index in [-0.39, 0.29) is 11.8 Å². The van der Waals surface area contributed by atoms with Gasteiger partial charge in [0, 0.05) is 23.9 Å². The number of hydrogen-bond donors (Lipinski definition) is 2. The third-order valence-electron chi connectivity index (χ3n) is 3.81. The van der Waals surface area contributed by atoms with Crippen molar-refractivity contribution in [1.82, 2.24) is 0 Å². The fourth-order valence-electron chi connectivity index (χ4n) is 2.52. The second kappa shape index (κ2) is 8.67. The van der Waals surface area contributed by atoms with Crippen LogP contribution in [-0.2, 0) is 11.4 Å². The van der Waals surface area contributed by atoms with E-state index in [1.165, 1.54) is 6.92 Å². The lowest BCUT2D eigenvalue weighted by Crippen LogP contribution is -2.13. The number of nitrogens with one attached hydrogen (secondary N) is 2. The maximum absolute atomic E-state index is 12.4. The van der Waals surface area contributed by atoms with Gasteiger partial charge in [0.15, 0.2) is 0 Å². The molecule has 0 atom stereocenters. The summed E-state index contributed by atoms with van der Waals surface area (Å²) in [7, 11) is 0. The topological polar surface area (TPSA) is 67.4 Å². The van der Waals surface area contributed by atoms with E-state index < -0.39 is 0 Å². The van der Waals surface area contributed by atoms with Crippen LogP contribution in [0.2, 0.25) is 0 Å². The Bertz CT molecular complexity index is 922. The van der Waals surface area contributed by atoms with Crippen molar-refractivity contribution in [3.05, 3.63) is 90.0 Å². The number of ether oxygens (including phenoxy) is 1. The molecule has 0 saturated carbocycles. The predicted octanol–water partition coefficient (Wildman–Crippen LogP) is 4.48. The Morgan fingerprint density at radius 2 is 1.56 bits per heavy atom. The van der Waals surface area contributed by atoms with Crippen LogP contribution in [-0.4, -0.2) is 11.8 Å². The van der Waals surface area contributed by atoms with Gasteiger partial charge in [0.25, 0.3) is 5.91 Å². The van der Waals surface area contributed by atoms with Crippen molar-refractivity contribution in [2.24, 2.45) is 0 Å². The monoisotopic (exact) mass is 360 g/mol. The molecule has 0 unspecified atom stereocenters. The Balaban J connectivity index is 1.59. The fourth-order valence-corrected chi connectivity index (χ4v) is 2.52. The molecule has 3 aromatic carbocycles. The van der Waals surface area contributed by atoms with Crippen molar-refractivity contribution in [2.75, 3.05) is 10.6 Å². The van der Waals surface area contributed by atoms with Crippen molar-refractivity contribution >= 4 is 23.2 Å². The van der Waals surface area contributed by atoms with E-state index in [1.807, 2.05) is 42.5 Å². The summed E-state index contributed by atoms with van der Waals surface area (Å²) in [6.45, 7) is 1.91. The van der Waals surface area contributed by atoms with Crippen LogP contribution in [0.25, 0.3) is 0 Å². The highest BCUT2D eigenvalue weighted by Gasteiger charge is 2.08. The Morgan fingerprint density at radius 3 is 2.26 bits per heavy atom. The minimum Gasteiger partial charge on any atom is -0.489 e. The Morgan fingerprint density at radius 1 is 0.815 bits per heavy atom. The molecule has 0 bridgehead atoms. The number of benzene rings is 3. The fraction of sp³-hybridized carbons (Fsp3) is 0.0909. The Labute approximate surface area is 158 Å². The number of hydrogen-bond acceptors (Lipinski definition) is 3. The summed E-state index contributed by atoms with van der Waals surface area (Å²) in [5, 5.41) is 5.50. The molecule has 0 aliphatic carbocycles. The molecule has 0 spiro atoms. The lowest BCUT2D eigenvalue weighted by Gasteiger charge is -2.09. The number of rotatable bonds is 6. The van der Waals surface area contributed by atoms with Gasteiger partial charge in [-0.1, -0.05) is 36.4 Å². The van der Waals surface area contributed by atoms with E-state index in [0.717, 1.165) is 11.3 Å². The minimum absolute atomic E-state index is 0.182. The van der Waals surface area contributed by atoms with Crippen molar-refractivity contribution < 1.29 is 14.3 Å². The van der Waals surface area contributed by atoms with Crippen molar-refractivity contribution in [3.8, 4) is 5.75 Å². The Kier molecular flexibility index (Phi) is 5.84. The zero-order chi connectivity index (χ0) is 19.1. The highest BCUT2D eigenvalue weighted by atomic mass is 16.5. The van der Waals surface area contributed by atoms with E-state index in [4.69, 9.17) is 4.74 Å². The van der Waals surface area contributed by atoms with Crippen molar-refractivity contribution in [3.63, 3.8) is 0 Å². The molecule has 0 aliphatic rings. The average molecular weight is 360 g/mol. The van der Waals surface area contributed by atoms with Crippen LogP contribution >= 0.6 is 0 Å². The normalized spacial score (nSPS) is 10.1. The van der Waals surface area contributed by atoms with Gasteiger partial charge >= 0.3 is 0 Å². The number of carbonyl (C=O) groups excluding carboxylic acids is 2. The molecular weight excluding hydrogens is 340 g/mol. The van der Waals surface area contributed by atoms with Crippen LogP contribution < -0.4 is 15.4 Å². The molecule has 0 saturated heterocycles. The largest absolute Gasteiger partial charge is 0.489 e. The first-order valence-electron chi connectivity index (χ1n) is 8.56. The Hall–Kier alpha value is -3.60. The SMILES string of the molecule is CC(=O)Nc1cccc(C(=O)Nc2ccc(OCc3ccccc3)cc2)c1. The molecule has 3 rings (SSSR count). The molecule has 0 heterocycles. The van der Waals surface area contributed by atoms with E-state index in [9.17, 15) is 9.59 Å². The highest BCUT2D eigenvalue weighted by molar-refractivity contribution is 6.05. The maximum Gasteiger partial charge on any atom is 0.255 e. The summed E-state index contributed by atoms with van der Waals surface area (Å²) in [6, 6.07) is 23.9. The van der Waals surface area contributed by atoms with Gasteiger partial charge < -0.3 is 15.4 Å². The molecule has 0 radical (unpaired) electrons. The third-order valence-corrected chi connectivity index (χ3v) is 3.81. The minimum atomic E-state index is -0.250. The van der Waals surface area contributed by atoms with Gasteiger partial charge in [0.05, 0.1) is 0 Å². The number of anilines is 2. The van der Waals surface area contributed by atoms with Gasteiger partial charge in [-0.3, -0.25) is 9.59 Å². The first-order chi connectivity index (χ1) is 13.1. The molecule has 5 heteroatoms. The quantitative estimate of drug-likeness (QED) is 0.681. The molecule has 0 aliphatic heterocycles. The summed E-state index contributed by atoms with van der Waals surface area (Å²) in [6.07, 6.45) is 0. The highest BCUT2D eigenvalue weighted by Crippen LogP contribution is 2.18. The molecule has 2 N–H and O–H groups in total. The molecule has 0 aromatic heterocycles. The van der Waals surface area contributed by atoms with Gasteiger partial charge in [-0.25, -0.2) is 0 Å². The van der Waals surface area contributed by atoms with E-state index >= 15 is 0 Å². The molecule has 3 aromatic rings. The average Bonchev–Trinajstić information content (AvgIpc) is 2.68.